The number of allylic oxidation sites excluding steroid dienone is 1. The van der Waals surface area contributed by atoms with Crippen molar-refractivity contribution in [3.63, 3.8) is 0 Å². The van der Waals surface area contributed by atoms with Gasteiger partial charge in [0.05, 0.1) is 6.10 Å². The molecule has 1 aliphatic rings. The third kappa shape index (κ3) is 2.05. The number of benzene rings is 1. The molecule has 1 aliphatic carbocycles. The predicted octanol–water partition coefficient (Wildman–Crippen LogP) is 2.52. The highest BCUT2D eigenvalue weighted by Crippen LogP contribution is 2.28. The van der Waals surface area contributed by atoms with E-state index in [1.54, 1.807) is 0 Å². The Morgan fingerprint density at radius 2 is 1.86 bits per heavy atom. The molecule has 0 bridgehead atoms. The molecule has 0 amide bonds. The van der Waals surface area contributed by atoms with Gasteiger partial charge in [0, 0.05) is 5.92 Å². The lowest BCUT2D eigenvalue weighted by atomic mass is 9.87. The lowest BCUT2D eigenvalue weighted by Crippen LogP contribution is -2.13. The summed E-state index contributed by atoms with van der Waals surface area (Å²) in [5.41, 5.74) is 0.966. The van der Waals surface area contributed by atoms with Gasteiger partial charge in [-0.2, -0.15) is 0 Å². The third-order valence-corrected chi connectivity index (χ3v) is 2.39. The fourth-order valence-corrected chi connectivity index (χ4v) is 1.60. The summed E-state index contributed by atoms with van der Waals surface area (Å²) in [7, 11) is 0. The molecule has 1 aromatic carbocycles. The molecule has 0 aliphatic heterocycles. The summed E-state index contributed by atoms with van der Waals surface area (Å²) in [6.45, 7) is 0. The zero-order valence-electron chi connectivity index (χ0n) is 7.88. The molecular formula is C13H13O. The van der Waals surface area contributed by atoms with Crippen LogP contribution in [0.15, 0.2) is 42.5 Å². The first-order chi connectivity index (χ1) is 6.88. The first kappa shape index (κ1) is 9.47. The van der Waals surface area contributed by atoms with Crippen molar-refractivity contribution < 1.29 is 5.11 Å². The third-order valence-electron chi connectivity index (χ3n) is 2.39. The Morgan fingerprint density at radius 1 is 1.07 bits per heavy atom. The SMILES string of the molecule is OC(c1ccccc1)C1[CH][CH][CH]C=C1. The van der Waals surface area contributed by atoms with Crippen molar-refractivity contribution in [3.05, 3.63) is 67.3 Å². The van der Waals surface area contributed by atoms with Crippen molar-refractivity contribution in [1.82, 2.24) is 0 Å². The van der Waals surface area contributed by atoms with E-state index in [0.717, 1.165) is 5.56 Å². The zero-order valence-corrected chi connectivity index (χ0v) is 7.88. The predicted molar refractivity (Wildman–Crippen MR) is 56.9 cm³/mol. The summed E-state index contributed by atoms with van der Waals surface area (Å²) >= 11 is 0. The molecule has 0 spiro atoms. The highest BCUT2D eigenvalue weighted by molar-refractivity contribution is 5.26. The van der Waals surface area contributed by atoms with Crippen LogP contribution >= 0.6 is 0 Å². The molecule has 2 rings (SSSR count). The van der Waals surface area contributed by atoms with Crippen LogP contribution in [0.4, 0.5) is 0 Å². The molecule has 14 heavy (non-hydrogen) atoms. The molecule has 1 aromatic rings. The van der Waals surface area contributed by atoms with Crippen molar-refractivity contribution in [3.8, 4) is 0 Å². The molecule has 0 heterocycles. The normalized spacial score (nSPS) is 23.4. The Hall–Kier alpha value is -1.08. The van der Waals surface area contributed by atoms with Gasteiger partial charge in [-0.3, -0.25) is 0 Å². The molecule has 0 aromatic heterocycles. The van der Waals surface area contributed by atoms with Crippen LogP contribution in [-0.4, -0.2) is 5.11 Å². The highest BCUT2D eigenvalue weighted by Gasteiger charge is 2.19. The largest absolute Gasteiger partial charge is 0.388 e. The van der Waals surface area contributed by atoms with Gasteiger partial charge >= 0.3 is 0 Å². The van der Waals surface area contributed by atoms with E-state index in [1.807, 2.05) is 61.7 Å². The Kier molecular flexibility index (Phi) is 3.00. The Morgan fingerprint density at radius 3 is 2.50 bits per heavy atom. The minimum absolute atomic E-state index is 0.0994. The van der Waals surface area contributed by atoms with Crippen molar-refractivity contribution in [2.24, 2.45) is 5.92 Å². The van der Waals surface area contributed by atoms with Gasteiger partial charge in [-0.25, -0.2) is 0 Å². The van der Waals surface area contributed by atoms with E-state index in [1.165, 1.54) is 0 Å². The first-order valence-electron chi connectivity index (χ1n) is 4.79. The molecule has 2 unspecified atom stereocenters. The van der Waals surface area contributed by atoms with E-state index >= 15 is 0 Å². The van der Waals surface area contributed by atoms with E-state index in [0.29, 0.717) is 0 Å². The van der Waals surface area contributed by atoms with Crippen molar-refractivity contribution in [2.75, 3.05) is 0 Å². The van der Waals surface area contributed by atoms with Crippen molar-refractivity contribution >= 4 is 0 Å². The standard InChI is InChI=1S/C13H13O/c14-13(11-7-3-1-4-8-11)12-9-5-2-6-10-12/h1-11,13-14H. The summed E-state index contributed by atoms with van der Waals surface area (Å²) < 4.78 is 0. The fourth-order valence-electron chi connectivity index (χ4n) is 1.60. The fraction of sp³-hybridized carbons (Fsp3) is 0.154. The van der Waals surface area contributed by atoms with Gasteiger partial charge in [0.2, 0.25) is 0 Å². The van der Waals surface area contributed by atoms with Gasteiger partial charge in [0.1, 0.15) is 0 Å². The smallest absolute Gasteiger partial charge is 0.0855 e. The lowest BCUT2D eigenvalue weighted by Gasteiger charge is -2.22. The van der Waals surface area contributed by atoms with E-state index in [2.05, 4.69) is 0 Å². The van der Waals surface area contributed by atoms with Gasteiger partial charge in [0.25, 0.3) is 0 Å². The van der Waals surface area contributed by atoms with E-state index in [4.69, 9.17) is 0 Å². The van der Waals surface area contributed by atoms with Gasteiger partial charge in [-0.15, -0.1) is 0 Å². The Labute approximate surface area is 85.1 Å². The second-order valence-corrected chi connectivity index (χ2v) is 3.40. The van der Waals surface area contributed by atoms with Crippen LogP contribution in [0.25, 0.3) is 0 Å². The maximum atomic E-state index is 10.0. The number of aliphatic hydroxyl groups is 1. The second-order valence-electron chi connectivity index (χ2n) is 3.40. The summed E-state index contributed by atoms with van der Waals surface area (Å²) in [6.07, 6.45) is 9.49. The van der Waals surface area contributed by atoms with Crippen LogP contribution in [0.3, 0.4) is 0 Å². The zero-order chi connectivity index (χ0) is 9.80. The molecule has 0 saturated heterocycles. The van der Waals surface area contributed by atoms with Crippen molar-refractivity contribution in [1.29, 1.82) is 0 Å². The van der Waals surface area contributed by atoms with Crippen LogP contribution in [0, 0.1) is 25.2 Å². The van der Waals surface area contributed by atoms with Gasteiger partial charge in [-0.05, 0) is 24.8 Å². The first-order valence-corrected chi connectivity index (χ1v) is 4.79. The monoisotopic (exact) mass is 185 g/mol. The molecular weight excluding hydrogens is 172 g/mol. The topological polar surface area (TPSA) is 20.2 Å². The summed E-state index contributed by atoms with van der Waals surface area (Å²) in [5, 5.41) is 10.0. The molecule has 1 heteroatoms. The summed E-state index contributed by atoms with van der Waals surface area (Å²) in [4.78, 5) is 0. The van der Waals surface area contributed by atoms with Crippen LogP contribution in [-0.2, 0) is 0 Å². The quantitative estimate of drug-likeness (QED) is 0.750. The molecule has 1 N–H and O–H groups in total. The van der Waals surface area contributed by atoms with Crippen molar-refractivity contribution in [2.45, 2.75) is 6.10 Å². The van der Waals surface area contributed by atoms with E-state index < -0.39 is 6.10 Å². The molecule has 0 fully saturated rings. The number of hydrogen-bond donors (Lipinski definition) is 1. The van der Waals surface area contributed by atoms with Crippen LogP contribution in [0.2, 0.25) is 0 Å². The highest BCUT2D eigenvalue weighted by atomic mass is 16.3. The Bertz CT molecular complexity index is 302. The van der Waals surface area contributed by atoms with Crippen LogP contribution in [0.1, 0.15) is 11.7 Å². The maximum Gasteiger partial charge on any atom is 0.0855 e. The van der Waals surface area contributed by atoms with E-state index in [-0.39, 0.29) is 5.92 Å². The van der Waals surface area contributed by atoms with Crippen LogP contribution < -0.4 is 0 Å². The summed E-state index contributed by atoms with van der Waals surface area (Å²) in [6, 6.07) is 9.74. The lowest BCUT2D eigenvalue weighted by molar-refractivity contribution is 0.145. The van der Waals surface area contributed by atoms with Gasteiger partial charge < -0.3 is 5.11 Å². The van der Waals surface area contributed by atoms with E-state index in [9.17, 15) is 5.11 Å². The number of rotatable bonds is 2. The van der Waals surface area contributed by atoms with Gasteiger partial charge in [-0.1, -0.05) is 42.5 Å². The molecule has 0 saturated carbocycles. The second kappa shape index (κ2) is 4.43. The maximum absolute atomic E-state index is 10.0. The molecule has 1 nitrogen and oxygen atoms in total. The number of aliphatic hydroxyl groups excluding tert-OH is 1. The summed E-state index contributed by atoms with van der Waals surface area (Å²) in [5.74, 6) is 0.0994. The minimum Gasteiger partial charge on any atom is -0.388 e. The average molecular weight is 185 g/mol. The average Bonchev–Trinajstić information content (AvgIpc) is 2.30. The van der Waals surface area contributed by atoms with Crippen LogP contribution in [0.5, 0.6) is 0 Å². The Balaban J connectivity index is 2.11. The van der Waals surface area contributed by atoms with Gasteiger partial charge in [0.15, 0.2) is 0 Å². The molecule has 3 radical (unpaired) electrons. The molecule has 71 valence electrons. The number of hydrogen-bond acceptors (Lipinski definition) is 1. The molecule has 2 atom stereocenters. The minimum atomic E-state index is -0.433.